The van der Waals surface area contributed by atoms with Gasteiger partial charge in [0, 0.05) is 16.5 Å². The zero-order chi connectivity index (χ0) is 12.1. The molecule has 0 spiro atoms. The lowest BCUT2D eigenvalue weighted by atomic mass is 9.75. The van der Waals surface area contributed by atoms with E-state index in [1.54, 1.807) is 6.92 Å². The Kier molecular flexibility index (Phi) is 2.35. The van der Waals surface area contributed by atoms with Crippen LogP contribution >= 0.6 is 0 Å². The molecule has 1 fully saturated rings. The van der Waals surface area contributed by atoms with E-state index in [1.165, 1.54) is 12.1 Å². The number of hydrogen-bond acceptors (Lipinski definition) is 1. The maximum absolute atomic E-state index is 14.0. The van der Waals surface area contributed by atoms with Gasteiger partial charge in [0.1, 0.15) is 11.6 Å². The van der Waals surface area contributed by atoms with Crippen molar-refractivity contribution in [1.82, 2.24) is 0 Å². The minimum Gasteiger partial charge on any atom is -0.324 e. The summed E-state index contributed by atoms with van der Waals surface area (Å²) in [6, 6.07) is 2.78. The molecule has 0 radical (unpaired) electrons. The third kappa shape index (κ3) is 1.46. The van der Waals surface area contributed by atoms with Gasteiger partial charge in [0.2, 0.25) is 0 Å². The fourth-order valence-corrected chi connectivity index (χ4v) is 2.24. The van der Waals surface area contributed by atoms with E-state index in [-0.39, 0.29) is 5.56 Å². The molecule has 1 aliphatic rings. The van der Waals surface area contributed by atoms with Crippen molar-refractivity contribution < 1.29 is 8.78 Å². The van der Waals surface area contributed by atoms with Gasteiger partial charge in [0.25, 0.3) is 0 Å². The third-order valence-corrected chi connectivity index (χ3v) is 3.94. The van der Waals surface area contributed by atoms with E-state index < -0.39 is 22.6 Å². The first-order chi connectivity index (χ1) is 7.29. The number of hydrogen-bond donors (Lipinski definition) is 1. The van der Waals surface area contributed by atoms with E-state index in [4.69, 9.17) is 5.73 Å². The van der Waals surface area contributed by atoms with E-state index >= 15 is 0 Å². The third-order valence-electron chi connectivity index (χ3n) is 3.94. The Balaban J connectivity index is 2.59. The number of aryl methyl sites for hydroxylation is 1. The van der Waals surface area contributed by atoms with Crippen LogP contribution < -0.4 is 5.73 Å². The molecule has 3 heteroatoms. The maximum Gasteiger partial charge on any atom is 0.132 e. The van der Waals surface area contributed by atoms with Crippen molar-refractivity contribution in [2.45, 2.75) is 44.6 Å². The normalized spacial score (nSPS) is 18.6. The summed E-state index contributed by atoms with van der Waals surface area (Å²) in [6.07, 6.45) is 1.65. The molecule has 88 valence electrons. The SMILES string of the molecule is Cc1ccc(F)c(C(C)(C)C2(N)CC2)c1F. The van der Waals surface area contributed by atoms with Crippen molar-refractivity contribution in [2.75, 3.05) is 0 Å². The first kappa shape index (κ1) is 11.5. The van der Waals surface area contributed by atoms with Crippen LogP contribution in [-0.2, 0) is 5.41 Å². The predicted octanol–water partition coefficient (Wildman–Crippen LogP) is 3.04. The molecule has 1 aliphatic carbocycles. The molecular weight excluding hydrogens is 208 g/mol. The zero-order valence-electron chi connectivity index (χ0n) is 9.90. The summed E-state index contributed by atoms with van der Waals surface area (Å²) < 4.78 is 27.8. The Morgan fingerprint density at radius 1 is 1.25 bits per heavy atom. The van der Waals surface area contributed by atoms with Gasteiger partial charge in [0.05, 0.1) is 0 Å². The summed E-state index contributed by atoms with van der Waals surface area (Å²) in [5, 5.41) is 0. The quantitative estimate of drug-likeness (QED) is 0.822. The molecule has 1 saturated carbocycles. The monoisotopic (exact) mass is 225 g/mol. The topological polar surface area (TPSA) is 26.0 Å². The average Bonchev–Trinajstić information content (AvgIpc) is 2.92. The molecule has 2 N–H and O–H groups in total. The molecule has 0 saturated heterocycles. The van der Waals surface area contributed by atoms with E-state index in [0.717, 1.165) is 12.8 Å². The highest BCUT2D eigenvalue weighted by Gasteiger charge is 2.53. The molecule has 16 heavy (non-hydrogen) atoms. The van der Waals surface area contributed by atoms with Crippen molar-refractivity contribution in [3.05, 3.63) is 34.9 Å². The lowest BCUT2D eigenvalue weighted by Gasteiger charge is -2.33. The second-order valence-electron chi connectivity index (χ2n) is 5.33. The van der Waals surface area contributed by atoms with Crippen LogP contribution in [0.15, 0.2) is 12.1 Å². The fraction of sp³-hybridized carbons (Fsp3) is 0.538. The van der Waals surface area contributed by atoms with Crippen molar-refractivity contribution in [3.8, 4) is 0 Å². The first-order valence-corrected chi connectivity index (χ1v) is 5.53. The molecule has 0 aromatic heterocycles. The summed E-state index contributed by atoms with van der Waals surface area (Å²) in [5.74, 6) is -0.952. The first-order valence-electron chi connectivity index (χ1n) is 5.53. The van der Waals surface area contributed by atoms with Crippen LogP contribution in [0.1, 0.15) is 37.8 Å². The van der Waals surface area contributed by atoms with Gasteiger partial charge in [-0.25, -0.2) is 8.78 Å². The van der Waals surface area contributed by atoms with Crippen LogP contribution in [0, 0.1) is 18.6 Å². The van der Waals surface area contributed by atoms with Gasteiger partial charge in [0.15, 0.2) is 0 Å². The molecule has 0 unspecified atom stereocenters. The molecule has 2 rings (SSSR count). The molecule has 0 heterocycles. The van der Waals surface area contributed by atoms with Crippen LogP contribution in [-0.4, -0.2) is 5.54 Å². The Hall–Kier alpha value is -0.960. The summed E-state index contributed by atoms with van der Waals surface area (Å²) in [4.78, 5) is 0. The number of benzene rings is 1. The average molecular weight is 225 g/mol. The Bertz CT molecular complexity index is 434. The lowest BCUT2D eigenvalue weighted by Crippen LogP contribution is -2.44. The second kappa shape index (κ2) is 3.27. The van der Waals surface area contributed by atoms with Gasteiger partial charge in [-0.15, -0.1) is 0 Å². The highest BCUT2D eigenvalue weighted by Crippen LogP contribution is 2.50. The highest BCUT2D eigenvalue weighted by atomic mass is 19.1. The number of rotatable bonds is 2. The molecule has 1 aromatic rings. The maximum atomic E-state index is 14.0. The molecule has 0 bridgehead atoms. The summed E-state index contributed by atoms with van der Waals surface area (Å²) in [6.45, 7) is 5.28. The summed E-state index contributed by atoms with van der Waals surface area (Å²) in [7, 11) is 0. The van der Waals surface area contributed by atoms with Crippen LogP contribution in [0.3, 0.4) is 0 Å². The molecular formula is C13H17F2N. The van der Waals surface area contributed by atoms with Crippen LogP contribution in [0.2, 0.25) is 0 Å². The second-order valence-corrected chi connectivity index (χ2v) is 5.33. The largest absolute Gasteiger partial charge is 0.324 e. The Labute approximate surface area is 94.7 Å². The molecule has 0 atom stereocenters. The van der Waals surface area contributed by atoms with E-state index in [1.807, 2.05) is 13.8 Å². The lowest BCUT2D eigenvalue weighted by molar-refractivity contribution is 0.355. The van der Waals surface area contributed by atoms with Gasteiger partial charge >= 0.3 is 0 Å². The molecule has 1 aromatic carbocycles. The number of nitrogens with two attached hydrogens (primary N) is 1. The van der Waals surface area contributed by atoms with Gasteiger partial charge in [-0.1, -0.05) is 19.9 Å². The molecule has 1 nitrogen and oxygen atoms in total. The smallest absolute Gasteiger partial charge is 0.132 e. The van der Waals surface area contributed by atoms with Gasteiger partial charge in [-0.05, 0) is 31.4 Å². The van der Waals surface area contributed by atoms with E-state index in [9.17, 15) is 8.78 Å². The zero-order valence-corrected chi connectivity index (χ0v) is 9.90. The number of halogens is 2. The van der Waals surface area contributed by atoms with Crippen LogP contribution in [0.4, 0.5) is 8.78 Å². The van der Waals surface area contributed by atoms with Gasteiger partial charge in [-0.3, -0.25) is 0 Å². The minimum atomic E-state index is -0.660. The van der Waals surface area contributed by atoms with Crippen LogP contribution in [0.5, 0.6) is 0 Å². The van der Waals surface area contributed by atoms with Crippen molar-refractivity contribution >= 4 is 0 Å². The molecule has 0 aliphatic heterocycles. The fourth-order valence-electron chi connectivity index (χ4n) is 2.24. The van der Waals surface area contributed by atoms with Crippen molar-refractivity contribution in [2.24, 2.45) is 5.73 Å². The van der Waals surface area contributed by atoms with Gasteiger partial charge < -0.3 is 5.73 Å². The minimum absolute atomic E-state index is 0.132. The van der Waals surface area contributed by atoms with Crippen molar-refractivity contribution in [1.29, 1.82) is 0 Å². The van der Waals surface area contributed by atoms with Gasteiger partial charge in [-0.2, -0.15) is 0 Å². The predicted molar refractivity (Wildman–Crippen MR) is 60.3 cm³/mol. The van der Waals surface area contributed by atoms with E-state index in [0.29, 0.717) is 5.56 Å². The summed E-state index contributed by atoms with van der Waals surface area (Å²) in [5.41, 5.74) is 5.59. The van der Waals surface area contributed by atoms with E-state index in [2.05, 4.69) is 0 Å². The standard InChI is InChI=1S/C13H17F2N/c1-8-4-5-9(14)10(11(8)15)12(2,3)13(16)6-7-13/h4-5H,6-7,16H2,1-3H3. The highest BCUT2D eigenvalue weighted by molar-refractivity contribution is 5.37. The summed E-state index contributed by atoms with van der Waals surface area (Å²) >= 11 is 0. The van der Waals surface area contributed by atoms with Crippen LogP contribution in [0.25, 0.3) is 0 Å². The Morgan fingerprint density at radius 2 is 1.81 bits per heavy atom. The Morgan fingerprint density at radius 3 is 2.31 bits per heavy atom. The molecule has 0 amide bonds. The van der Waals surface area contributed by atoms with Crippen molar-refractivity contribution in [3.63, 3.8) is 0 Å².